The largest absolute Gasteiger partial charge is 0.316 e. The van der Waals surface area contributed by atoms with Gasteiger partial charge in [-0.05, 0) is 24.7 Å². The number of pyridine rings is 1. The van der Waals surface area contributed by atoms with Gasteiger partial charge in [0.1, 0.15) is 0 Å². The maximum absolute atomic E-state index is 4.48. The standard InChI is InChI=1S/C11H16N4/c1-8(2)11-13-10-6-9(7-12-3)4-5-15(10)14-11/h4-6,8,12H,7H2,1-3H3. The molecule has 0 aliphatic rings. The summed E-state index contributed by atoms with van der Waals surface area (Å²) in [5, 5.41) is 7.52. The summed E-state index contributed by atoms with van der Waals surface area (Å²) < 4.78 is 1.83. The van der Waals surface area contributed by atoms with Gasteiger partial charge in [-0.25, -0.2) is 9.50 Å². The van der Waals surface area contributed by atoms with Crippen molar-refractivity contribution in [3.63, 3.8) is 0 Å². The van der Waals surface area contributed by atoms with Crippen LogP contribution in [0.4, 0.5) is 0 Å². The van der Waals surface area contributed by atoms with E-state index in [9.17, 15) is 0 Å². The summed E-state index contributed by atoms with van der Waals surface area (Å²) in [5.41, 5.74) is 2.15. The Labute approximate surface area is 89.3 Å². The lowest BCUT2D eigenvalue weighted by molar-refractivity contribution is 0.764. The highest BCUT2D eigenvalue weighted by molar-refractivity contribution is 5.40. The van der Waals surface area contributed by atoms with E-state index in [0.29, 0.717) is 5.92 Å². The smallest absolute Gasteiger partial charge is 0.155 e. The van der Waals surface area contributed by atoms with Crippen LogP contribution in [-0.2, 0) is 6.54 Å². The fourth-order valence-corrected chi connectivity index (χ4v) is 1.50. The molecule has 0 amide bonds. The Hall–Kier alpha value is -1.42. The predicted molar refractivity (Wildman–Crippen MR) is 59.8 cm³/mol. The molecule has 0 unspecified atom stereocenters. The summed E-state index contributed by atoms with van der Waals surface area (Å²) in [6.07, 6.45) is 1.96. The number of hydrogen-bond donors (Lipinski definition) is 1. The van der Waals surface area contributed by atoms with Crippen molar-refractivity contribution in [1.82, 2.24) is 19.9 Å². The second-order valence-electron chi connectivity index (χ2n) is 3.99. The number of rotatable bonds is 3. The average molecular weight is 204 g/mol. The number of aromatic nitrogens is 3. The predicted octanol–water partition coefficient (Wildman–Crippen LogP) is 1.57. The lowest BCUT2D eigenvalue weighted by Crippen LogP contribution is -2.05. The third-order valence-electron chi connectivity index (χ3n) is 2.32. The van der Waals surface area contributed by atoms with Crippen LogP contribution >= 0.6 is 0 Å². The minimum Gasteiger partial charge on any atom is -0.316 e. The molecule has 4 nitrogen and oxygen atoms in total. The lowest BCUT2D eigenvalue weighted by Gasteiger charge is -1.98. The van der Waals surface area contributed by atoms with Gasteiger partial charge < -0.3 is 5.32 Å². The molecule has 0 fully saturated rings. The molecule has 0 saturated heterocycles. The number of nitrogens with one attached hydrogen (secondary N) is 1. The lowest BCUT2D eigenvalue weighted by atomic mass is 10.2. The fraction of sp³-hybridized carbons (Fsp3) is 0.455. The molecule has 0 aliphatic heterocycles. The van der Waals surface area contributed by atoms with E-state index in [0.717, 1.165) is 18.0 Å². The first-order valence-electron chi connectivity index (χ1n) is 5.20. The van der Waals surface area contributed by atoms with Crippen LogP contribution in [0.15, 0.2) is 18.3 Å². The van der Waals surface area contributed by atoms with E-state index in [1.54, 1.807) is 0 Å². The monoisotopic (exact) mass is 204 g/mol. The molecular weight excluding hydrogens is 188 g/mol. The van der Waals surface area contributed by atoms with E-state index < -0.39 is 0 Å². The molecule has 4 heteroatoms. The Balaban J connectivity index is 2.43. The van der Waals surface area contributed by atoms with Gasteiger partial charge in [0.05, 0.1) is 0 Å². The van der Waals surface area contributed by atoms with Crippen molar-refractivity contribution in [2.75, 3.05) is 7.05 Å². The zero-order valence-electron chi connectivity index (χ0n) is 9.36. The van der Waals surface area contributed by atoms with Crippen molar-refractivity contribution in [2.24, 2.45) is 0 Å². The van der Waals surface area contributed by atoms with Crippen LogP contribution in [0.3, 0.4) is 0 Å². The van der Waals surface area contributed by atoms with Crippen LogP contribution in [0, 0.1) is 0 Å². The summed E-state index contributed by atoms with van der Waals surface area (Å²) in [6.45, 7) is 5.06. The first kappa shape index (κ1) is 10.1. The van der Waals surface area contributed by atoms with Crippen LogP contribution in [0.5, 0.6) is 0 Å². The Morgan fingerprint density at radius 2 is 2.27 bits per heavy atom. The first-order chi connectivity index (χ1) is 7.20. The minimum absolute atomic E-state index is 0.373. The van der Waals surface area contributed by atoms with Crippen LogP contribution in [-0.4, -0.2) is 21.6 Å². The zero-order valence-corrected chi connectivity index (χ0v) is 9.36. The minimum atomic E-state index is 0.373. The van der Waals surface area contributed by atoms with Gasteiger partial charge in [0, 0.05) is 18.7 Å². The molecule has 1 N–H and O–H groups in total. The normalized spacial score (nSPS) is 11.5. The van der Waals surface area contributed by atoms with Crippen molar-refractivity contribution >= 4 is 5.65 Å². The van der Waals surface area contributed by atoms with Crippen molar-refractivity contribution in [3.05, 3.63) is 29.7 Å². The molecule has 2 aromatic rings. The molecule has 80 valence electrons. The highest BCUT2D eigenvalue weighted by atomic mass is 15.3. The Morgan fingerprint density at radius 3 is 2.93 bits per heavy atom. The van der Waals surface area contributed by atoms with E-state index in [1.807, 2.05) is 17.8 Å². The third kappa shape index (κ3) is 1.99. The van der Waals surface area contributed by atoms with Gasteiger partial charge in [0.2, 0.25) is 0 Å². The molecule has 2 rings (SSSR count). The molecule has 0 aliphatic carbocycles. The van der Waals surface area contributed by atoms with Crippen molar-refractivity contribution in [2.45, 2.75) is 26.3 Å². The first-order valence-corrected chi connectivity index (χ1v) is 5.20. The molecule has 2 aromatic heterocycles. The fourth-order valence-electron chi connectivity index (χ4n) is 1.50. The summed E-state index contributed by atoms with van der Waals surface area (Å²) in [6, 6.07) is 4.12. The van der Waals surface area contributed by atoms with Gasteiger partial charge in [0.15, 0.2) is 11.5 Å². The van der Waals surface area contributed by atoms with E-state index in [4.69, 9.17) is 0 Å². The highest BCUT2D eigenvalue weighted by Crippen LogP contribution is 2.11. The summed E-state index contributed by atoms with van der Waals surface area (Å²) in [4.78, 5) is 4.48. The van der Waals surface area contributed by atoms with Gasteiger partial charge in [0.25, 0.3) is 0 Å². The van der Waals surface area contributed by atoms with E-state index in [2.05, 4.69) is 41.4 Å². The highest BCUT2D eigenvalue weighted by Gasteiger charge is 2.07. The van der Waals surface area contributed by atoms with Crippen molar-refractivity contribution in [3.8, 4) is 0 Å². The van der Waals surface area contributed by atoms with E-state index in [1.165, 1.54) is 5.56 Å². The second-order valence-corrected chi connectivity index (χ2v) is 3.99. The summed E-state index contributed by atoms with van der Waals surface area (Å²) in [7, 11) is 1.94. The molecule has 0 radical (unpaired) electrons. The molecule has 0 spiro atoms. The maximum atomic E-state index is 4.48. The second kappa shape index (κ2) is 3.98. The molecule has 0 saturated carbocycles. The SMILES string of the molecule is CNCc1ccn2nc(C(C)C)nc2c1. The van der Waals surface area contributed by atoms with Gasteiger partial charge in [-0.1, -0.05) is 13.8 Å². The van der Waals surface area contributed by atoms with Crippen LogP contribution in [0.25, 0.3) is 5.65 Å². The average Bonchev–Trinajstić information content (AvgIpc) is 2.61. The van der Waals surface area contributed by atoms with Gasteiger partial charge in [-0.3, -0.25) is 0 Å². The van der Waals surface area contributed by atoms with Crippen LogP contribution < -0.4 is 5.32 Å². The van der Waals surface area contributed by atoms with Crippen LogP contribution in [0.2, 0.25) is 0 Å². The van der Waals surface area contributed by atoms with Gasteiger partial charge in [-0.15, -0.1) is 0 Å². The van der Waals surface area contributed by atoms with E-state index >= 15 is 0 Å². The molecule has 0 aromatic carbocycles. The maximum Gasteiger partial charge on any atom is 0.155 e. The number of fused-ring (bicyclic) bond motifs is 1. The molecule has 2 heterocycles. The van der Waals surface area contributed by atoms with Crippen molar-refractivity contribution < 1.29 is 0 Å². The zero-order chi connectivity index (χ0) is 10.8. The quantitative estimate of drug-likeness (QED) is 0.825. The van der Waals surface area contributed by atoms with E-state index in [-0.39, 0.29) is 0 Å². The Morgan fingerprint density at radius 1 is 1.47 bits per heavy atom. The topological polar surface area (TPSA) is 42.2 Å². The van der Waals surface area contributed by atoms with Gasteiger partial charge >= 0.3 is 0 Å². The third-order valence-corrected chi connectivity index (χ3v) is 2.32. The summed E-state index contributed by atoms with van der Waals surface area (Å²) >= 11 is 0. The Bertz CT molecular complexity index is 459. The molecule has 0 bridgehead atoms. The van der Waals surface area contributed by atoms with Gasteiger partial charge in [-0.2, -0.15) is 5.10 Å². The summed E-state index contributed by atoms with van der Waals surface area (Å²) in [5.74, 6) is 1.27. The van der Waals surface area contributed by atoms with Crippen molar-refractivity contribution in [1.29, 1.82) is 0 Å². The molecule has 0 atom stereocenters. The number of nitrogens with zero attached hydrogens (tertiary/aromatic N) is 3. The Kier molecular flexibility index (Phi) is 2.68. The van der Waals surface area contributed by atoms with Crippen LogP contribution in [0.1, 0.15) is 31.2 Å². The molecular formula is C11H16N4. The molecule has 15 heavy (non-hydrogen) atoms. The number of hydrogen-bond acceptors (Lipinski definition) is 3.